The van der Waals surface area contributed by atoms with Crippen LogP contribution in [0.25, 0.3) is 0 Å². The van der Waals surface area contributed by atoms with Crippen LogP contribution in [0.3, 0.4) is 0 Å². The Morgan fingerprint density at radius 1 is 0.636 bits per heavy atom. The van der Waals surface area contributed by atoms with E-state index in [4.69, 9.17) is 0 Å². The van der Waals surface area contributed by atoms with Crippen molar-refractivity contribution in [2.45, 2.75) is 0 Å². The average Bonchev–Trinajstić information content (AvgIpc) is 2.58. The summed E-state index contributed by atoms with van der Waals surface area (Å²) in [6, 6.07) is 29.2. The van der Waals surface area contributed by atoms with E-state index in [1.165, 1.54) is 21.1 Å². The van der Waals surface area contributed by atoms with E-state index in [1.54, 1.807) is 18.2 Å². The standard InChI is InChI=1S/C12H10Se.C6H5NO2/c1-3-7-11(8-4-1)13-12-9-5-2-6-10-12;8-7(9)6-4-2-1-3-5-6/h1-10H;1-5H. The summed E-state index contributed by atoms with van der Waals surface area (Å²) in [4.78, 5) is 9.59. The zero-order valence-corrected chi connectivity index (χ0v) is 13.5. The molecule has 0 atom stereocenters. The zero-order valence-electron chi connectivity index (χ0n) is 11.8. The van der Waals surface area contributed by atoms with Gasteiger partial charge in [0.1, 0.15) is 0 Å². The normalized spacial score (nSPS) is 9.45. The molecule has 3 aromatic carbocycles. The molecule has 3 rings (SSSR count). The molecular formula is C18H15NO2Se. The third-order valence-corrected chi connectivity index (χ3v) is 4.82. The summed E-state index contributed by atoms with van der Waals surface area (Å²) in [5, 5.41) is 10.0. The Morgan fingerprint density at radius 2 is 1.00 bits per heavy atom. The van der Waals surface area contributed by atoms with Crippen molar-refractivity contribution in [3.05, 3.63) is 101 Å². The number of nitro benzene ring substituents is 1. The van der Waals surface area contributed by atoms with Gasteiger partial charge in [-0.2, -0.15) is 0 Å². The van der Waals surface area contributed by atoms with E-state index in [2.05, 4.69) is 60.7 Å². The first-order valence-electron chi connectivity index (χ1n) is 6.73. The Balaban J connectivity index is 0.000000172. The van der Waals surface area contributed by atoms with Crippen molar-refractivity contribution in [1.82, 2.24) is 0 Å². The molecule has 110 valence electrons. The van der Waals surface area contributed by atoms with Gasteiger partial charge < -0.3 is 0 Å². The van der Waals surface area contributed by atoms with Gasteiger partial charge in [-0.3, -0.25) is 10.1 Å². The number of non-ortho nitro benzene ring substituents is 1. The number of rotatable bonds is 3. The van der Waals surface area contributed by atoms with E-state index < -0.39 is 4.92 Å². The Morgan fingerprint density at radius 3 is 1.32 bits per heavy atom. The molecule has 0 amide bonds. The SMILES string of the molecule is O=[N+]([O-])c1ccccc1.c1ccc([Se]c2ccccc2)cc1. The molecule has 0 bridgehead atoms. The molecule has 22 heavy (non-hydrogen) atoms. The van der Waals surface area contributed by atoms with Gasteiger partial charge in [0.05, 0.1) is 4.92 Å². The molecule has 3 aromatic rings. The molecule has 3 nitrogen and oxygen atoms in total. The van der Waals surface area contributed by atoms with Crippen molar-refractivity contribution >= 4 is 29.6 Å². The third-order valence-electron chi connectivity index (χ3n) is 2.69. The molecule has 0 saturated heterocycles. The summed E-state index contributed by atoms with van der Waals surface area (Å²) < 4.78 is 2.86. The minimum absolute atomic E-state index is 0.137. The minimum atomic E-state index is -0.417. The van der Waals surface area contributed by atoms with Gasteiger partial charge >= 0.3 is 84.5 Å². The van der Waals surface area contributed by atoms with Crippen LogP contribution in [0, 0.1) is 10.1 Å². The van der Waals surface area contributed by atoms with E-state index >= 15 is 0 Å². The quantitative estimate of drug-likeness (QED) is 0.411. The predicted octanol–water partition coefficient (Wildman–Crippen LogP) is 2.94. The van der Waals surface area contributed by atoms with Crippen LogP contribution < -0.4 is 8.92 Å². The van der Waals surface area contributed by atoms with Crippen LogP contribution in [0.4, 0.5) is 5.69 Å². The van der Waals surface area contributed by atoms with Crippen molar-refractivity contribution in [2.75, 3.05) is 0 Å². The number of para-hydroxylation sites is 1. The third kappa shape index (κ3) is 5.52. The number of benzene rings is 3. The monoisotopic (exact) mass is 357 g/mol. The zero-order chi connectivity index (χ0) is 15.6. The maximum absolute atomic E-state index is 10.0. The van der Waals surface area contributed by atoms with Gasteiger partial charge in [-0.05, 0) is 0 Å². The van der Waals surface area contributed by atoms with Crippen molar-refractivity contribution in [3.8, 4) is 0 Å². The predicted molar refractivity (Wildman–Crippen MR) is 91.0 cm³/mol. The maximum atomic E-state index is 10.0. The summed E-state index contributed by atoms with van der Waals surface area (Å²) in [7, 11) is 0. The summed E-state index contributed by atoms with van der Waals surface area (Å²) in [6.07, 6.45) is 0. The fourth-order valence-electron chi connectivity index (χ4n) is 1.66. The van der Waals surface area contributed by atoms with Crippen LogP contribution in [-0.2, 0) is 0 Å². The van der Waals surface area contributed by atoms with Gasteiger partial charge in [-0.15, -0.1) is 0 Å². The van der Waals surface area contributed by atoms with Crippen LogP contribution in [-0.4, -0.2) is 19.9 Å². The van der Waals surface area contributed by atoms with Gasteiger partial charge in [0.15, 0.2) is 0 Å². The summed E-state index contributed by atoms with van der Waals surface area (Å²) in [5.74, 6) is 0. The van der Waals surface area contributed by atoms with Crippen molar-refractivity contribution in [1.29, 1.82) is 0 Å². The average molecular weight is 356 g/mol. The second-order valence-electron chi connectivity index (χ2n) is 4.32. The molecule has 0 aliphatic carbocycles. The number of nitro groups is 1. The van der Waals surface area contributed by atoms with E-state index in [-0.39, 0.29) is 5.69 Å². The first kappa shape index (κ1) is 16.0. The van der Waals surface area contributed by atoms with Crippen LogP contribution in [0.15, 0.2) is 91.0 Å². The Bertz CT molecular complexity index is 651. The Labute approximate surface area is 135 Å². The van der Waals surface area contributed by atoms with Gasteiger partial charge in [0.25, 0.3) is 5.69 Å². The summed E-state index contributed by atoms with van der Waals surface area (Å²) in [5.41, 5.74) is 0.137. The molecule has 0 N–H and O–H groups in total. The molecule has 0 aromatic heterocycles. The molecule has 0 radical (unpaired) electrons. The second-order valence-corrected chi connectivity index (χ2v) is 6.73. The van der Waals surface area contributed by atoms with Crippen molar-refractivity contribution in [2.24, 2.45) is 0 Å². The fourth-order valence-corrected chi connectivity index (χ4v) is 3.46. The van der Waals surface area contributed by atoms with E-state index in [0.29, 0.717) is 15.0 Å². The Kier molecular flexibility index (Phi) is 6.37. The summed E-state index contributed by atoms with van der Waals surface area (Å²) >= 11 is 0.461. The molecular weight excluding hydrogens is 341 g/mol. The number of nitrogens with zero attached hydrogens (tertiary/aromatic N) is 1. The molecule has 4 heteroatoms. The molecule has 0 unspecified atom stereocenters. The van der Waals surface area contributed by atoms with E-state index in [0.717, 1.165) is 0 Å². The second kappa shape index (κ2) is 8.78. The van der Waals surface area contributed by atoms with E-state index in [9.17, 15) is 10.1 Å². The van der Waals surface area contributed by atoms with Gasteiger partial charge in [0.2, 0.25) is 0 Å². The van der Waals surface area contributed by atoms with Crippen molar-refractivity contribution < 1.29 is 4.92 Å². The first-order chi connectivity index (χ1) is 10.8. The number of hydrogen-bond acceptors (Lipinski definition) is 2. The molecule has 0 spiro atoms. The van der Waals surface area contributed by atoms with Crippen LogP contribution in [0.1, 0.15) is 0 Å². The summed E-state index contributed by atoms with van der Waals surface area (Å²) in [6.45, 7) is 0. The number of hydrogen-bond donors (Lipinski definition) is 0. The molecule has 0 aliphatic rings. The first-order valence-corrected chi connectivity index (χ1v) is 8.44. The molecule has 0 saturated carbocycles. The Hall–Kier alpha value is -2.42. The fraction of sp³-hybridized carbons (Fsp3) is 0. The van der Waals surface area contributed by atoms with Crippen molar-refractivity contribution in [3.63, 3.8) is 0 Å². The van der Waals surface area contributed by atoms with Gasteiger partial charge in [-0.1, -0.05) is 18.2 Å². The van der Waals surface area contributed by atoms with Crippen LogP contribution >= 0.6 is 0 Å². The molecule has 0 aliphatic heterocycles. The molecule has 0 fully saturated rings. The molecule has 0 heterocycles. The van der Waals surface area contributed by atoms with Gasteiger partial charge in [0, 0.05) is 12.1 Å². The van der Waals surface area contributed by atoms with E-state index in [1.807, 2.05) is 0 Å². The van der Waals surface area contributed by atoms with Gasteiger partial charge in [-0.25, -0.2) is 0 Å². The topological polar surface area (TPSA) is 43.1 Å². The van der Waals surface area contributed by atoms with Crippen LogP contribution in [0.2, 0.25) is 0 Å². The van der Waals surface area contributed by atoms with Crippen LogP contribution in [0.5, 0.6) is 0 Å².